The topological polar surface area (TPSA) is 4.36 Å². The number of hydrogen-bond donors (Lipinski definition) is 0. The smallest absolute Gasteiger partial charge is 0.101 e. The van der Waals surface area contributed by atoms with Crippen LogP contribution in [0.4, 0.5) is 0 Å². The first kappa shape index (κ1) is 14.5. The molecule has 2 rings (SSSR count). The van der Waals surface area contributed by atoms with E-state index < -0.39 is 0 Å². The molecule has 0 atom stereocenters. The standard InChI is InChI=1S/C20H16N/c1-4-7-17-8-5-6-9-18(17)12-13-19-14-16(2)10-11-20(19)15-21-3/h5-6,8-11,14H,1-3H3/q+1. The van der Waals surface area contributed by atoms with Crippen molar-refractivity contribution < 1.29 is 0 Å². The highest BCUT2D eigenvalue weighted by atomic mass is 14.6. The molecule has 0 saturated heterocycles. The molecule has 0 bridgehead atoms. The molecule has 2 aromatic rings. The Bertz CT molecular complexity index is 840. The highest BCUT2D eigenvalue weighted by Crippen LogP contribution is 2.11. The molecule has 0 N–H and O–H groups in total. The van der Waals surface area contributed by atoms with E-state index in [-0.39, 0.29) is 0 Å². The maximum atomic E-state index is 3.96. The molecule has 1 nitrogen and oxygen atoms in total. The summed E-state index contributed by atoms with van der Waals surface area (Å²) in [6.45, 7) is 3.88. The normalized spacial score (nSPS) is 8.52. The van der Waals surface area contributed by atoms with Crippen molar-refractivity contribution in [3.63, 3.8) is 0 Å². The van der Waals surface area contributed by atoms with Crippen molar-refractivity contribution in [2.24, 2.45) is 0 Å². The number of hydrogen-bond acceptors (Lipinski definition) is 0. The van der Waals surface area contributed by atoms with Crippen molar-refractivity contribution in [3.05, 3.63) is 75.1 Å². The van der Waals surface area contributed by atoms with E-state index in [1.54, 1.807) is 7.05 Å². The average molecular weight is 270 g/mol. The SMILES string of the molecule is CC#Cc1ccccc1C#Cc1cc(C)ccc1C#[N+]C. The molecule has 0 radical (unpaired) electrons. The van der Waals surface area contributed by atoms with Crippen LogP contribution in [0.15, 0.2) is 42.5 Å². The fraction of sp³-hybridized carbons (Fsp3) is 0.150. The predicted molar refractivity (Wildman–Crippen MR) is 88.4 cm³/mol. The van der Waals surface area contributed by atoms with Gasteiger partial charge in [-0.3, -0.25) is 0 Å². The lowest BCUT2D eigenvalue weighted by atomic mass is 10.0. The van der Waals surface area contributed by atoms with Crippen molar-refractivity contribution in [1.29, 1.82) is 0 Å². The number of rotatable bonds is 0. The monoisotopic (exact) mass is 270 g/mol. The molecule has 0 heterocycles. The van der Waals surface area contributed by atoms with Crippen molar-refractivity contribution in [2.75, 3.05) is 7.05 Å². The van der Waals surface area contributed by atoms with Gasteiger partial charge in [-0.05, 0) is 43.7 Å². The van der Waals surface area contributed by atoms with Crippen molar-refractivity contribution in [3.8, 4) is 29.8 Å². The van der Waals surface area contributed by atoms with Crippen LogP contribution < -0.4 is 0 Å². The summed E-state index contributed by atoms with van der Waals surface area (Å²) in [5.74, 6) is 12.4. The number of aryl methyl sites for hydroxylation is 1. The van der Waals surface area contributed by atoms with Gasteiger partial charge in [0.05, 0.1) is 0 Å². The van der Waals surface area contributed by atoms with Gasteiger partial charge < -0.3 is 0 Å². The van der Waals surface area contributed by atoms with Gasteiger partial charge in [-0.2, -0.15) is 0 Å². The highest BCUT2D eigenvalue weighted by molar-refractivity contribution is 5.56. The zero-order valence-corrected chi connectivity index (χ0v) is 12.5. The molecular weight excluding hydrogens is 254 g/mol. The molecule has 0 aliphatic carbocycles. The Balaban J connectivity index is 2.50. The molecule has 0 fully saturated rings. The third-order valence-corrected chi connectivity index (χ3v) is 2.93. The van der Waals surface area contributed by atoms with Crippen LogP contribution in [0.3, 0.4) is 0 Å². The van der Waals surface area contributed by atoms with Gasteiger partial charge in [-0.25, -0.2) is 0 Å². The van der Waals surface area contributed by atoms with Crippen LogP contribution in [0.2, 0.25) is 0 Å². The maximum Gasteiger partial charge on any atom is 0.311 e. The Morgan fingerprint density at radius 1 is 0.810 bits per heavy atom. The second-order valence-corrected chi connectivity index (χ2v) is 4.56. The van der Waals surface area contributed by atoms with Gasteiger partial charge in [0.25, 0.3) is 7.05 Å². The van der Waals surface area contributed by atoms with E-state index in [0.29, 0.717) is 0 Å². The second kappa shape index (κ2) is 7.00. The van der Waals surface area contributed by atoms with Crippen LogP contribution >= 0.6 is 0 Å². The quantitative estimate of drug-likeness (QED) is 0.635. The molecule has 0 saturated carbocycles. The Labute approximate surface area is 126 Å². The summed E-state index contributed by atoms with van der Waals surface area (Å²) in [5.41, 5.74) is 4.90. The molecule has 0 aliphatic rings. The zero-order chi connectivity index (χ0) is 15.1. The zero-order valence-electron chi connectivity index (χ0n) is 12.5. The van der Waals surface area contributed by atoms with Crippen LogP contribution in [-0.2, 0) is 0 Å². The van der Waals surface area contributed by atoms with Crippen LogP contribution in [0.5, 0.6) is 0 Å². The fourth-order valence-corrected chi connectivity index (χ4v) is 1.95. The van der Waals surface area contributed by atoms with Crippen LogP contribution in [0.25, 0.3) is 4.85 Å². The lowest BCUT2D eigenvalue weighted by molar-refractivity contribution is 1.43. The van der Waals surface area contributed by atoms with Crippen molar-refractivity contribution in [2.45, 2.75) is 13.8 Å². The first-order valence-electron chi connectivity index (χ1n) is 6.74. The molecule has 0 aromatic heterocycles. The molecule has 1 heteroatoms. The minimum absolute atomic E-state index is 0.912. The molecule has 0 spiro atoms. The summed E-state index contributed by atoms with van der Waals surface area (Å²) < 4.78 is 0. The maximum absolute atomic E-state index is 3.96. The van der Waals surface area contributed by atoms with E-state index >= 15 is 0 Å². The Hall–Kier alpha value is -2.95. The van der Waals surface area contributed by atoms with E-state index in [1.807, 2.05) is 43.3 Å². The fourth-order valence-electron chi connectivity index (χ4n) is 1.95. The Kier molecular flexibility index (Phi) is 4.82. The van der Waals surface area contributed by atoms with E-state index in [2.05, 4.69) is 47.6 Å². The lowest BCUT2D eigenvalue weighted by Gasteiger charge is -1.97. The summed E-state index contributed by atoms with van der Waals surface area (Å²) in [4.78, 5) is 3.96. The number of nitrogens with zero attached hydrogens (tertiary/aromatic N) is 1. The van der Waals surface area contributed by atoms with E-state index in [9.17, 15) is 0 Å². The van der Waals surface area contributed by atoms with E-state index in [4.69, 9.17) is 0 Å². The first-order valence-corrected chi connectivity index (χ1v) is 6.74. The molecule has 100 valence electrons. The lowest BCUT2D eigenvalue weighted by Crippen LogP contribution is -1.87. The van der Waals surface area contributed by atoms with E-state index in [1.165, 1.54) is 5.56 Å². The summed E-state index contributed by atoms with van der Waals surface area (Å²) >= 11 is 0. The average Bonchev–Trinajstić information content (AvgIpc) is 2.49. The van der Waals surface area contributed by atoms with E-state index in [0.717, 1.165) is 22.3 Å². The number of benzene rings is 2. The van der Waals surface area contributed by atoms with Crippen molar-refractivity contribution in [1.82, 2.24) is 0 Å². The molecule has 0 unspecified atom stereocenters. The van der Waals surface area contributed by atoms with Crippen LogP contribution in [0.1, 0.15) is 34.7 Å². The third kappa shape index (κ3) is 3.76. The van der Waals surface area contributed by atoms with Gasteiger partial charge in [-0.15, -0.1) is 5.92 Å². The summed E-state index contributed by atoms with van der Waals surface area (Å²) in [5, 5.41) is 0. The van der Waals surface area contributed by atoms with Crippen LogP contribution in [0, 0.1) is 36.7 Å². The van der Waals surface area contributed by atoms with Gasteiger partial charge in [0.2, 0.25) is 0 Å². The molecule has 0 aliphatic heterocycles. The first-order chi connectivity index (χ1) is 10.2. The molecule has 0 amide bonds. The molecule has 21 heavy (non-hydrogen) atoms. The largest absolute Gasteiger partial charge is 0.311 e. The van der Waals surface area contributed by atoms with Gasteiger partial charge in [0.1, 0.15) is 5.56 Å². The van der Waals surface area contributed by atoms with Gasteiger partial charge in [-0.1, -0.05) is 40.8 Å². The second-order valence-electron chi connectivity index (χ2n) is 4.56. The van der Waals surface area contributed by atoms with Gasteiger partial charge in [0, 0.05) is 16.7 Å². The van der Waals surface area contributed by atoms with Gasteiger partial charge in [0.15, 0.2) is 0 Å². The minimum atomic E-state index is 0.912. The highest BCUT2D eigenvalue weighted by Gasteiger charge is 2.02. The predicted octanol–water partition coefficient (Wildman–Crippen LogP) is 4.08. The Morgan fingerprint density at radius 2 is 1.48 bits per heavy atom. The Morgan fingerprint density at radius 3 is 2.14 bits per heavy atom. The molecular formula is C20H16N+. The van der Waals surface area contributed by atoms with Gasteiger partial charge >= 0.3 is 6.07 Å². The minimum Gasteiger partial charge on any atom is -0.101 e. The third-order valence-electron chi connectivity index (χ3n) is 2.93. The summed E-state index contributed by atoms with van der Waals surface area (Å²) in [6.07, 6.45) is 0. The summed E-state index contributed by atoms with van der Waals surface area (Å²) in [7, 11) is 1.71. The molecule has 2 aromatic carbocycles. The summed E-state index contributed by atoms with van der Waals surface area (Å²) in [6, 6.07) is 17.0. The van der Waals surface area contributed by atoms with Crippen LogP contribution in [-0.4, -0.2) is 7.05 Å². The van der Waals surface area contributed by atoms with Crippen molar-refractivity contribution >= 4 is 0 Å².